The quantitative estimate of drug-likeness (QED) is 0.495. The fourth-order valence-corrected chi connectivity index (χ4v) is 1.56. The maximum atomic E-state index is 10.3. The Morgan fingerprint density at radius 1 is 0.920 bits per heavy atom. The Morgan fingerprint density at radius 3 is 1.40 bits per heavy atom. The van der Waals surface area contributed by atoms with Crippen LogP contribution in [0, 0.1) is 0 Å². The highest BCUT2D eigenvalue weighted by Gasteiger charge is 2.18. The summed E-state index contributed by atoms with van der Waals surface area (Å²) in [6, 6.07) is 12.1. The van der Waals surface area contributed by atoms with E-state index in [2.05, 4.69) is 6.92 Å². The van der Waals surface area contributed by atoms with E-state index in [1.54, 1.807) is 24.3 Å². The number of carboxylic acid groups (broad SMARTS) is 2. The molecule has 1 aliphatic heterocycles. The van der Waals surface area contributed by atoms with Crippen LogP contribution in [-0.4, -0.2) is 34.9 Å². The molecule has 1 saturated heterocycles. The smallest absolute Gasteiger partial charge is 0.335 e. The molecule has 25 heavy (non-hydrogen) atoms. The van der Waals surface area contributed by atoms with Crippen LogP contribution < -0.4 is 11.5 Å². The second-order valence-corrected chi connectivity index (χ2v) is 5.22. The van der Waals surface area contributed by atoms with Gasteiger partial charge in [0.15, 0.2) is 0 Å². The second-order valence-electron chi connectivity index (χ2n) is 5.22. The molecular weight excluding hydrogens is 324 g/mol. The molecule has 1 atom stereocenters. The molecule has 6 N–H and O–H groups in total. The number of hydrogen-bond donors (Lipinski definition) is 4. The van der Waals surface area contributed by atoms with Crippen molar-refractivity contribution in [2.24, 2.45) is 0 Å². The maximum absolute atomic E-state index is 10.3. The maximum Gasteiger partial charge on any atom is 0.335 e. The highest BCUT2D eigenvalue weighted by Crippen LogP contribution is 2.11. The average molecular weight is 346 g/mol. The van der Waals surface area contributed by atoms with Gasteiger partial charge in [-0.25, -0.2) is 9.59 Å². The summed E-state index contributed by atoms with van der Waals surface area (Å²) < 4.78 is 4.86. The minimum Gasteiger partial charge on any atom is -0.478 e. The van der Waals surface area contributed by atoms with E-state index >= 15 is 0 Å². The lowest BCUT2D eigenvalue weighted by molar-refractivity contribution is 0.0686. The Bertz CT molecular complexity index is 624. The number of epoxide rings is 1. The molecule has 1 unspecified atom stereocenters. The minimum absolute atomic E-state index is 0.259. The van der Waals surface area contributed by atoms with Crippen LogP contribution in [0.5, 0.6) is 0 Å². The van der Waals surface area contributed by atoms with Gasteiger partial charge in [-0.15, -0.1) is 0 Å². The molecule has 3 rings (SSSR count). The Balaban J connectivity index is 0.000000198. The first kappa shape index (κ1) is 20.0. The standard InChI is InChI=1S/2C7H7NO2.C4H8O/c2*8-6-3-1-5(2-4-6)7(9)10;1-2-4-3-5-4/h2*1-4H,8H2,(H,9,10);4H,2-3H2,1H3. The van der Waals surface area contributed by atoms with Gasteiger partial charge in [-0.2, -0.15) is 0 Å². The predicted molar refractivity (Wildman–Crippen MR) is 95.7 cm³/mol. The average Bonchev–Trinajstić information content (AvgIpc) is 3.41. The van der Waals surface area contributed by atoms with E-state index in [1.165, 1.54) is 30.7 Å². The SMILES string of the molecule is CCC1CO1.Nc1ccc(C(=O)O)cc1.Nc1ccc(C(=O)O)cc1. The molecule has 1 heterocycles. The number of nitrogens with two attached hydrogens (primary N) is 2. The van der Waals surface area contributed by atoms with E-state index in [9.17, 15) is 9.59 Å². The number of rotatable bonds is 3. The summed E-state index contributed by atoms with van der Waals surface area (Å²) in [6.45, 7) is 3.15. The first-order chi connectivity index (χ1) is 11.8. The molecular formula is C18H22N2O5. The van der Waals surface area contributed by atoms with Crippen LogP contribution in [0.15, 0.2) is 48.5 Å². The van der Waals surface area contributed by atoms with Crippen LogP contribution in [0.2, 0.25) is 0 Å². The molecule has 0 amide bonds. The van der Waals surface area contributed by atoms with E-state index in [0.29, 0.717) is 17.5 Å². The number of nitrogen functional groups attached to an aromatic ring is 2. The first-order valence-electron chi connectivity index (χ1n) is 7.62. The third-order valence-corrected chi connectivity index (χ3v) is 3.17. The highest BCUT2D eigenvalue weighted by molar-refractivity contribution is 5.88. The largest absolute Gasteiger partial charge is 0.478 e. The van der Waals surface area contributed by atoms with Crippen LogP contribution in [0.4, 0.5) is 11.4 Å². The summed E-state index contributed by atoms with van der Waals surface area (Å²) in [4.78, 5) is 20.5. The van der Waals surface area contributed by atoms with E-state index < -0.39 is 11.9 Å². The molecule has 0 radical (unpaired) electrons. The first-order valence-corrected chi connectivity index (χ1v) is 7.62. The summed E-state index contributed by atoms with van der Waals surface area (Å²) in [5, 5.41) is 16.9. The monoisotopic (exact) mass is 346 g/mol. The number of carboxylic acids is 2. The summed E-state index contributed by atoms with van der Waals surface area (Å²) in [7, 11) is 0. The number of aromatic carboxylic acids is 2. The van der Waals surface area contributed by atoms with Crippen LogP contribution in [0.3, 0.4) is 0 Å². The Morgan fingerprint density at radius 2 is 1.24 bits per heavy atom. The Kier molecular flexibility index (Phi) is 7.95. The van der Waals surface area contributed by atoms with Crippen molar-refractivity contribution >= 4 is 23.3 Å². The fraction of sp³-hybridized carbons (Fsp3) is 0.222. The van der Waals surface area contributed by atoms with Crippen molar-refractivity contribution in [1.82, 2.24) is 0 Å². The van der Waals surface area contributed by atoms with E-state index in [0.717, 1.165) is 6.61 Å². The lowest BCUT2D eigenvalue weighted by atomic mass is 10.2. The lowest BCUT2D eigenvalue weighted by Crippen LogP contribution is -1.95. The molecule has 0 saturated carbocycles. The topological polar surface area (TPSA) is 139 Å². The molecule has 1 fully saturated rings. The van der Waals surface area contributed by atoms with E-state index in [1.807, 2.05) is 0 Å². The normalized spacial score (nSPS) is 14.2. The number of benzene rings is 2. The zero-order valence-corrected chi connectivity index (χ0v) is 13.9. The van der Waals surface area contributed by atoms with Gasteiger partial charge in [0.2, 0.25) is 0 Å². The number of anilines is 2. The Hall–Kier alpha value is -3.06. The van der Waals surface area contributed by atoms with E-state index in [-0.39, 0.29) is 11.1 Å². The second kappa shape index (κ2) is 9.94. The number of hydrogen-bond acceptors (Lipinski definition) is 5. The van der Waals surface area contributed by atoms with Crippen molar-refractivity contribution in [2.45, 2.75) is 19.4 Å². The summed E-state index contributed by atoms with van der Waals surface area (Å²) in [6.07, 6.45) is 1.83. The molecule has 134 valence electrons. The van der Waals surface area contributed by atoms with Gasteiger partial charge in [0.05, 0.1) is 23.8 Å². The van der Waals surface area contributed by atoms with Gasteiger partial charge in [-0.3, -0.25) is 0 Å². The number of ether oxygens (including phenoxy) is 1. The molecule has 0 aliphatic carbocycles. The van der Waals surface area contributed by atoms with Crippen LogP contribution in [-0.2, 0) is 4.74 Å². The van der Waals surface area contributed by atoms with Gasteiger partial charge in [-0.1, -0.05) is 6.92 Å². The zero-order chi connectivity index (χ0) is 18.8. The van der Waals surface area contributed by atoms with Gasteiger partial charge in [0.1, 0.15) is 0 Å². The van der Waals surface area contributed by atoms with Crippen LogP contribution >= 0.6 is 0 Å². The molecule has 7 nitrogen and oxygen atoms in total. The zero-order valence-electron chi connectivity index (χ0n) is 13.9. The third-order valence-electron chi connectivity index (χ3n) is 3.17. The van der Waals surface area contributed by atoms with E-state index in [4.69, 9.17) is 26.4 Å². The molecule has 0 bridgehead atoms. The van der Waals surface area contributed by atoms with Gasteiger partial charge in [0, 0.05) is 11.4 Å². The third kappa shape index (κ3) is 8.38. The van der Waals surface area contributed by atoms with Crippen LogP contribution in [0.1, 0.15) is 34.1 Å². The summed E-state index contributed by atoms with van der Waals surface area (Å²) in [5.41, 5.74) is 12.3. The molecule has 0 spiro atoms. The van der Waals surface area contributed by atoms with Gasteiger partial charge in [-0.05, 0) is 55.0 Å². The van der Waals surface area contributed by atoms with Crippen molar-refractivity contribution in [2.75, 3.05) is 18.1 Å². The van der Waals surface area contributed by atoms with Crippen LogP contribution in [0.25, 0.3) is 0 Å². The van der Waals surface area contributed by atoms with Gasteiger partial charge < -0.3 is 26.4 Å². The van der Waals surface area contributed by atoms with Crippen molar-refractivity contribution in [3.05, 3.63) is 59.7 Å². The van der Waals surface area contributed by atoms with Crippen molar-refractivity contribution < 1.29 is 24.5 Å². The molecule has 0 aromatic heterocycles. The van der Waals surface area contributed by atoms with Gasteiger partial charge >= 0.3 is 11.9 Å². The fourth-order valence-electron chi connectivity index (χ4n) is 1.56. The molecule has 7 heteroatoms. The predicted octanol–water partition coefficient (Wildman–Crippen LogP) is 2.73. The van der Waals surface area contributed by atoms with Crippen molar-refractivity contribution in [1.29, 1.82) is 0 Å². The molecule has 2 aromatic rings. The highest BCUT2D eigenvalue weighted by atomic mass is 16.6. The number of carbonyl (C=O) groups is 2. The summed E-state index contributed by atoms with van der Waals surface area (Å²) in [5.74, 6) is -1.86. The molecule has 1 aliphatic rings. The van der Waals surface area contributed by atoms with Gasteiger partial charge in [0.25, 0.3) is 0 Å². The summed E-state index contributed by atoms with van der Waals surface area (Å²) >= 11 is 0. The Labute approximate surface area is 145 Å². The lowest BCUT2D eigenvalue weighted by Gasteiger charge is -1.93. The minimum atomic E-state index is -0.931. The van der Waals surface area contributed by atoms with Crippen molar-refractivity contribution in [3.8, 4) is 0 Å². The van der Waals surface area contributed by atoms with Crippen molar-refractivity contribution in [3.63, 3.8) is 0 Å². The molecule has 2 aromatic carbocycles.